The molecular formula is C14H20N4O2. The number of hydrogen-bond acceptors (Lipinski definition) is 4. The van der Waals surface area contributed by atoms with Crippen LogP contribution >= 0.6 is 0 Å². The molecule has 0 bridgehead atoms. The number of hydrogen-bond donors (Lipinski definition) is 2. The van der Waals surface area contributed by atoms with Crippen molar-refractivity contribution in [1.82, 2.24) is 10.3 Å². The number of carbonyl (C=O) groups is 2. The Bertz CT molecular complexity index is 496. The third-order valence-electron chi connectivity index (χ3n) is 3.56. The molecule has 108 valence electrons. The first kappa shape index (κ1) is 14.3. The molecule has 0 atom stereocenters. The lowest BCUT2D eigenvalue weighted by molar-refractivity contribution is -0.136. The Labute approximate surface area is 118 Å². The Balaban J connectivity index is 1.91. The third kappa shape index (κ3) is 3.27. The first-order valence-corrected chi connectivity index (χ1v) is 6.69. The standard InChI is InChI=1S/C14H20N4O2/c1-11-4-2-3-5-12(11)17-6-8-18(9-7-17)14(20)10-13(19)16-15/h2-5H,6-10,15H2,1H3,(H,16,19). The number of nitrogens with one attached hydrogen (secondary N) is 1. The van der Waals surface area contributed by atoms with Crippen molar-refractivity contribution in [2.75, 3.05) is 31.1 Å². The maximum absolute atomic E-state index is 11.9. The molecule has 1 aromatic rings. The third-order valence-corrected chi connectivity index (χ3v) is 3.56. The summed E-state index contributed by atoms with van der Waals surface area (Å²) in [6.45, 7) is 4.90. The van der Waals surface area contributed by atoms with Gasteiger partial charge >= 0.3 is 0 Å². The van der Waals surface area contributed by atoms with Gasteiger partial charge in [-0.15, -0.1) is 0 Å². The lowest BCUT2D eigenvalue weighted by Gasteiger charge is -2.36. The van der Waals surface area contributed by atoms with Crippen LogP contribution in [0.2, 0.25) is 0 Å². The maximum atomic E-state index is 11.9. The zero-order valence-electron chi connectivity index (χ0n) is 11.6. The minimum Gasteiger partial charge on any atom is -0.368 e. The Morgan fingerprint density at radius 3 is 2.45 bits per heavy atom. The smallest absolute Gasteiger partial charge is 0.243 e. The van der Waals surface area contributed by atoms with Crippen molar-refractivity contribution in [3.8, 4) is 0 Å². The summed E-state index contributed by atoms with van der Waals surface area (Å²) in [5, 5.41) is 0. The Morgan fingerprint density at radius 2 is 1.85 bits per heavy atom. The molecule has 1 saturated heterocycles. The molecule has 1 heterocycles. The summed E-state index contributed by atoms with van der Waals surface area (Å²) in [6.07, 6.45) is -0.180. The largest absolute Gasteiger partial charge is 0.368 e. The van der Waals surface area contributed by atoms with Gasteiger partial charge in [0, 0.05) is 31.9 Å². The summed E-state index contributed by atoms with van der Waals surface area (Å²) in [5.41, 5.74) is 4.42. The number of aryl methyl sites for hydroxylation is 1. The zero-order valence-corrected chi connectivity index (χ0v) is 11.6. The number of carbonyl (C=O) groups excluding carboxylic acids is 2. The van der Waals surface area contributed by atoms with Crippen molar-refractivity contribution in [1.29, 1.82) is 0 Å². The molecule has 20 heavy (non-hydrogen) atoms. The van der Waals surface area contributed by atoms with Gasteiger partial charge in [-0.25, -0.2) is 5.84 Å². The molecule has 1 fully saturated rings. The van der Waals surface area contributed by atoms with Gasteiger partial charge in [-0.2, -0.15) is 0 Å². The molecule has 0 spiro atoms. The fraction of sp³-hybridized carbons (Fsp3) is 0.429. The van der Waals surface area contributed by atoms with Crippen LogP contribution in [0.1, 0.15) is 12.0 Å². The molecule has 6 heteroatoms. The molecular weight excluding hydrogens is 256 g/mol. The van der Waals surface area contributed by atoms with Gasteiger partial charge in [0.05, 0.1) is 0 Å². The molecule has 0 aliphatic carbocycles. The summed E-state index contributed by atoms with van der Waals surface area (Å²) in [5.74, 6) is 4.37. The minimum absolute atomic E-state index is 0.169. The topological polar surface area (TPSA) is 78.7 Å². The minimum atomic E-state index is -0.448. The van der Waals surface area contributed by atoms with E-state index >= 15 is 0 Å². The van der Waals surface area contributed by atoms with Crippen molar-refractivity contribution in [2.45, 2.75) is 13.3 Å². The number of hydrazine groups is 1. The highest BCUT2D eigenvalue weighted by molar-refractivity contribution is 5.96. The maximum Gasteiger partial charge on any atom is 0.243 e. The monoisotopic (exact) mass is 276 g/mol. The first-order chi connectivity index (χ1) is 9.61. The summed E-state index contributed by atoms with van der Waals surface area (Å²) in [6, 6.07) is 8.21. The van der Waals surface area contributed by atoms with Crippen molar-refractivity contribution in [3.63, 3.8) is 0 Å². The Kier molecular flexibility index (Phi) is 4.57. The Hall–Kier alpha value is -2.08. The highest BCUT2D eigenvalue weighted by Crippen LogP contribution is 2.20. The molecule has 0 unspecified atom stereocenters. The van der Waals surface area contributed by atoms with Gasteiger partial charge in [0.15, 0.2) is 0 Å². The van der Waals surface area contributed by atoms with Crippen LogP contribution in [-0.4, -0.2) is 42.9 Å². The Morgan fingerprint density at radius 1 is 1.20 bits per heavy atom. The number of benzene rings is 1. The van der Waals surface area contributed by atoms with Gasteiger partial charge in [-0.05, 0) is 18.6 Å². The van der Waals surface area contributed by atoms with E-state index in [1.54, 1.807) is 4.90 Å². The molecule has 0 radical (unpaired) electrons. The van der Waals surface area contributed by atoms with Crippen LogP contribution in [0.3, 0.4) is 0 Å². The second kappa shape index (κ2) is 6.38. The van der Waals surface area contributed by atoms with Gasteiger partial charge in [-0.3, -0.25) is 15.0 Å². The fourth-order valence-electron chi connectivity index (χ4n) is 2.42. The van der Waals surface area contributed by atoms with Crippen LogP contribution in [0.15, 0.2) is 24.3 Å². The van der Waals surface area contributed by atoms with E-state index in [4.69, 9.17) is 5.84 Å². The van der Waals surface area contributed by atoms with Crippen molar-refractivity contribution >= 4 is 17.5 Å². The van der Waals surface area contributed by atoms with E-state index in [-0.39, 0.29) is 12.3 Å². The molecule has 3 N–H and O–H groups in total. The molecule has 1 aromatic carbocycles. The van der Waals surface area contributed by atoms with Crippen molar-refractivity contribution < 1.29 is 9.59 Å². The van der Waals surface area contributed by atoms with E-state index < -0.39 is 5.91 Å². The predicted molar refractivity (Wildman–Crippen MR) is 76.9 cm³/mol. The highest BCUT2D eigenvalue weighted by atomic mass is 16.2. The van der Waals surface area contributed by atoms with E-state index in [1.807, 2.05) is 17.6 Å². The summed E-state index contributed by atoms with van der Waals surface area (Å²) in [7, 11) is 0. The van der Waals surface area contributed by atoms with Gasteiger partial charge in [0.2, 0.25) is 11.8 Å². The zero-order chi connectivity index (χ0) is 14.5. The number of anilines is 1. The van der Waals surface area contributed by atoms with Crippen molar-refractivity contribution in [3.05, 3.63) is 29.8 Å². The number of piperazine rings is 1. The van der Waals surface area contributed by atoms with E-state index in [1.165, 1.54) is 11.3 Å². The molecule has 1 aliphatic heterocycles. The molecule has 0 aromatic heterocycles. The van der Waals surface area contributed by atoms with Crippen LogP contribution < -0.4 is 16.2 Å². The first-order valence-electron chi connectivity index (χ1n) is 6.69. The van der Waals surface area contributed by atoms with E-state index in [2.05, 4.69) is 24.0 Å². The fourth-order valence-corrected chi connectivity index (χ4v) is 2.42. The predicted octanol–water partition coefficient (Wildman–Crippen LogP) is 0.0236. The lowest BCUT2D eigenvalue weighted by atomic mass is 10.1. The summed E-state index contributed by atoms with van der Waals surface area (Å²) >= 11 is 0. The second-order valence-corrected chi connectivity index (χ2v) is 4.90. The average molecular weight is 276 g/mol. The molecule has 6 nitrogen and oxygen atoms in total. The molecule has 1 aliphatic rings. The molecule has 2 rings (SSSR count). The number of para-hydroxylation sites is 1. The molecule has 2 amide bonds. The highest BCUT2D eigenvalue weighted by Gasteiger charge is 2.23. The van der Waals surface area contributed by atoms with E-state index in [0.717, 1.165) is 13.1 Å². The van der Waals surface area contributed by atoms with Gasteiger partial charge in [0.1, 0.15) is 6.42 Å². The summed E-state index contributed by atoms with van der Waals surface area (Å²) in [4.78, 5) is 26.9. The summed E-state index contributed by atoms with van der Waals surface area (Å²) < 4.78 is 0. The quantitative estimate of drug-likeness (QED) is 0.353. The van der Waals surface area contributed by atoms with Gasteiger partial charge in [-0.1, -0.05) is 18.2 Å². The number of nitrogens with two attached hydrogens (primary N) is 1. The van der Waals surface area contributed by atoms with Crippen molar-refractivity contribution in [2.24, 2.45) is 5.84 Å². The SMILES string of the molecule is Cc1ccccc1N1CCN(C(=O)CC(=O)NN)CC1. The van der Waals surface area contributed by atoms with Crippen LogP contribution in [0.5, 0.6) is 0 Å². The van der Waals surface area contributed by atoms with Gasteiger partial charge in [0.25, 0.3) is 0 Å². The normalized spacial score (nSPS) is 15.1. The van der Waals surface area contributed by atoms with Crippen LogP contribution in [0, 0.1) is 6.92 Å². The second-order valence-electron chi connectivity index (χ2n) is 4.90. The average Bonchev–Trinajstić information content (AvgIpc) is 2.47. The number of nitrogens with zero attached hydrogens (tertiary/aromatic N) is 2. The molecule has 0 saturated carbocycles. The van der Waals surface area contributed by atoms with Crippen LogP contribution in [0.4, 0.5) is 5.69 Å². The van der Waals surface area contributed by atoms with E-state index in [0.29, 0.717) is 13.1 Å². The van der Waals surface area contributed by atoms with E-state index in [9.17, 15) is 9.59 Å². The van der Waals surface area contributed by atoms with Gasteiger partial charge < -0.3 is 9.80 Å². The lowest BCUT2D eigenvalue weighted by Crippen LogP contribution is -2.50. The number of amides is 2. The van der Waals surface area contributed by atoms with Crippen LogP contribution in [-0.2, 0) is 9.59 Å². The van der Waals surface area contributed by atoms with Crippen LogP contribution in [0.25, 0.3) is 0 Å². The number of rotatable bonds is 3.